The minimum Gasteiger partial charge on any atom is -0.383 e. The Morgan fingerprint density at radius 1 is 1.31 bits per heavy atom. The number of ketones is 1. The van der Waals surface area contributed by atoms with E-state index >= 15 is 0 Å². The molecule has 0 saturated heterocycles. The molecule has 0 spiro atoms. The van der Waals surface area contributed by atoms with Gasteiger partial charge in [0.15, 0.2) is 5.82 Å². The number of aromatic nitrogens is 3. The number of nitrogens with zero attached hydrogens (tertiary/aromatic N) is 2. The standard InChI is InChI=1S/C19H21F2N5O2S/c1-3-8-29-26-13-5-4-12(20)15(16(13)21)17(27)11-9-23-19-14(11)18(24-10-25-19)22-6-7-28-2/h4-5,9-10,26H,3,6-8H2,1-2H3,(H2,22,23,24,25). The van der Waals surface area contributed by atoms with Gasteiger partial charge in [-0.3, -0.25) is 4.79 Å². The Kier molecular flexibility index (Phi) is 6.99. The third kappa shape index (κ3) is 4.48. The summed E-state index contributed by atoms with van der Waals surface area (Å²) in [6, 6.07) is 2.36. The summed E-state index contributed by atoms with van der Waals surface area (Å²) in [6.07, 6.45) is 3.60. The first kappa shape index (κ1) is 21.0. The van der Waals surface area contributed by atoms with Crippen LogP contribution in [0, 0.1) is 11.6 Å². The van der Waals surface area contributed by atoms with E-state index in [0.29, 0.717) is 30.0 Å². The maximum atomic E-state index is 14.9. The molecule has 0 saturated carbocycles. The number of hydrogen-bond acceptors (Lipinski definition) is 7. The van der Waals surface area contributed by atoms with Crippen LogP contribution in [0.3, 0.4) is 0 Å². The van der Waals surface area contributed by atoms with Crippen molar-refractivity contribution in [3.63, 3.8) is 0 Å². The normalized spacial score (nSPS) is 11.0. The molecule has 1 aromatic carbocycles. The van der Waals surface area contributed by atoms with Crippen LogP contribution < -0.4 is 10.0 Å². The summed E-state index contributed by atoms with van der Waals surface area (Å²) in [5, 5.41) is 3.41. The SMILES string of the molecule is CCCSNc1ccc(F)c(C(=O)c2c[nH]c3ncnc(NCCOC)c23)c1F. The van der Waals surface area contributed by atoms with E-state index in [-0.39, 0.29) is 11.3 Å². The third-order valence-corrected chi connectivity index (χ3v) is 5.10. The van der Waals surface area contributed by atoms with Crippen molar-refractivity contribution in [1.29, 1.82) is 0 Å². The molecule has 154 valence electrons. The third-order valence-electron chi connectivity index (χ3n) is 4.12. The van der Waals surface area contributed by atoms with Gasteiger partial charge in [-0.15, -0.1) is 0 Å². The van der Waals surface area contributed by atoms with Crippen molar-refractivity contribution in [3.8, 4) is 0 Å². The van der Waals surface area contributed by atoms with Gasteiger partial charge in [0, 0.05) is 25.6 Å². The molecule has 0 aliphatic carbocycles. The van der Waals surface area contributed by atoms with E-state index in [1.807, 2.05) is 6.92 Å². The molecule has 0 radical (unpaired) electrons. The van der Waals surface area contributed by atoms with Crippen LogP contribution in [-0.4, -0.2) is 46.7 Å². The van der Waals surface area contributed by atoms with Crippen molar-refractivity contribution < 1.29 is 18.3 Å². The average Bonchev–Trinajstić information content (AvgIpc) is 3.15. The van der Waals surface area contributed by atoms with Crippen molar-refractivity contribution in [1.82, 2.24) is 15.0 Å². The fourth-order valence-electron chi connectivity index (χ4n) is 2.75. The van der Waals surface area contributed by atoms with Crippen LogP contribution in [0.25, 0.3) is 11.0 Å². The molecule has 3 rings (SSSR count). The fraction of sp³-hybridized carbons (Fsp3) is 0.316. The Bertz CT molecular complexity index is 1010. The van der Waals surface area contributed by atoms with Gasteiger partial charge in [0.05, 0.1) is 28.8 Å². The number of benzene rings is 1. The lowest BCUT2D eigenvalue weighted by molar-refractivity contribution is 0.103. The van der Waals surface area contributed by atoms with Crippen LogP contribution >= 0.6 is 11.9 Å². The summed E-state index contributed by atoms with van der Waals surface area (Å²) in [6.45, 7) is 2.85. The average molecular weight is 421 g/mol. The van der Waals surface area contributed by atoms with E-state index in [9.17, 15) is 13.6 Å². The van der Waals surface area contributed by atoms with E-state index < -0.39 is 23.0 Å². The van der Waals surface area contributed by atoms with E-state index in [1.165, 1.54) is 30.5 Å². The predicted octanol–water partition coefficient (Wildman–Crippen LogP) is 4.00. The highest BCUT2D eigenvalue weighted by atomic mass is 32.2. The van der Waals surface area contributed by atoms with Gasteiger partial charge in [-0.05, 0) is 18.6 Å². The molecule has 0 atom stereocenters. The summed E-state index contributed by atoms with van der Waals surface area (Å²) in [7, 11) is 1.56. The number of fused-ring (bicyclic) bond motifs is 1. The number of H-pyrrole nitrogens is 1. The van der Waals surface area contributed by atoms with Crippen LogP contribution in [0.1, 0.15) is 29.3 Å². The van der Waals surface area contributed by atoms with Gasteiger partial charge in [-0.25, -0.2) is 18.7 Å². The van der Waals surface area contributed by atoms with Crippen LogP contribution in [0.15, 0.2) is 24.7 Å². The summed E-state index contributed by atoms with van der Waals surface area (Å²) < 4.78 is 37.2. The summed E-state index contributed by atoms with van der Waals surface area (Å²) in [4.78, 5) is 24.2. The number of halogens is 2. The number of rotatable bonds is 10. The lowest BCUT2D eigenvalue weighted by atomic mass is 10.0. The Morgan fingerprint density at radius 3 is 2.90 bits per heavy atom. The Balaban J connectivity index is 2.00. The van der Waals surface area contributed by atoms with Crippen LogP contribution in [0.5, 0.6) is 0 Å². The second-order valence-electron chi connectivity index (χ2n) is 6.13. The van der Waals surface area contributed by atoms with Crippen LogP contribution in [0.2, 0.25) is 0 Å². The van der Waals surface area contributed by atoms with Crippen LogP contribution in [0.4, 0.5) is 20.3 Å². The first-order valence-corrected chi connectivity index (χ1v) is 10.0. The van der Waals surface area contributed by atoms with Gasteiger partial charge in [-0.2, -0.15) is 0 Å². The lowest BCUT2D eigenvalue weighted by Gasteiger charge is -2.11. The molecule has 7 nitrogen and oxygen atoms in total. The summed E-state index contributed by atoms with van der Waals surface area (Å²) >= 11 is 1.29. The molecular weight excluding hydrogens is 400 g/mol. The van der Waals surface area contributed by atoms with Crippen LogP contribution in [-0.2, 0) is 4.74 Å². The second-order valence-corrected chi connectivity index (χ2v) is 7.03. The molecule has 29 heavy (non-hydrogen) atoms. The number of carbonyl (C=O) groups is 1. The van der Waals surface area contributed by atoms with Gasteiger partial charge in [0.25, 0.3) is 0 Å². The topological polar surface area (TPSA) is 91.9 Å². The van der Waals surface area contributed by atoms with E-state index in [2.05, 4.69) is 25.0 Å². The number of anilines is 2. The predicted molar refractivity (Wildman–Crippen MR) is 110 cm³/mol. The zero-order chi connectivity index (χ0) is 20.8. The molecule has 10 heteroatoms. The van der Waals surface area contributed by atoms with Gasteiger partial charge in [0.2, 0.25) is 5.78 Å². The van der Waals surface area contributed by atoms with Gasteiger partial charge < -0.3 is 19.8 Å². The van der Waals surface area contributed by atoms with Crippen molar-refractivity contribution in [3.05, 3.63) is 47.4 Å². The summed E-state index contributed by atoms with van der Waals surface area (Å²) in [5.41, 5.74) is -0.101. The molecule has 0 aliphatic rings. The number of nitrogens with one attached hydrogen (secondary N) is 3. The molecule has 3 aromatic rings. The molecule has 0 unspecified atom stereocenters. The van der Waals surface area contributed by atoms with E-state index in [1.54, 1.807) is 7.11 Å². The number of hydrogen-bond donors (Lipinski definition) is 3. The zero-order valence-electron chi connectivity index (χ0n) is 16.0. The first-order valence-electron chi connectivity index (χ1n) is 9.03. The fourth-order valence-corrected chi connectivity index (χ4v) is 3.37. The number of aromatic amines is 1. The van der Waals surface area contributed by atoms with Crippen molar-refractivity contribution in [2.75, 3.05) is 36.1 Å². The molecular formula is C19H21F2N5O2S. The molecule has 3 N–H and O–H groups in total. The van der Waals surface area contributed by atoms with Crippen molar-refractivity contribution >= 4 is 40.3 Å². The molecule has 2 aromatic heterocycles. The van der Waals surface area contributed by atoms with E-state index in [0.717, 1.165) is 18.2 Å². The minimum absolute atomic E-state index is 0.0581. The molecule has 0 aliphatic heterocycles. The maximum absolute atomic E-state index is 14.9. The molecule has 2 heterocycles. The Morgan fingerprint density at radius 2 is 2.14 bits per heavy atom. The zero-order valence-corrected chi connectivity index (χ0v) is 16.8. The number of carbonyl (C=O) groups excluding carboxylic acids is 1. The smallest absolute Gasteiger partial charge is 0.201 e. The van der Waals surface area contributed by atoms with Crippen molar-refractivity contribution in [2.24, 2.45) is 0 Å². The first-order chi connectivity index (χ1) is 14.1. The largest absolute Gasteiger partial charge is 0.383 e. The Hall–Kier alpha value is -2.72. The highest BCUT2D eigenvalue weighted by Crippen LogP contribution is 2.30. The van der Waals surface area contributed by atoms with Gasteiger partial charge >= 0.3 is 0 Å². The van der Waals surface area contributed by atoms with Gasteiger partial charge in [-0.1, -0.05) is 18.9 Å². The van der Waals surface area contributed by atoms with Gasteiger partial charge in [0.1, 0.15) is 23.6 Å². The lowest BCUT2D eigenvalue weighted by Crippen LogP contribution is -2.12. The highest BCUT2D eigenvalue weighted by Gasteiger charge is 2.25. The Labute approximate surface area is 170 Å². The highest BCUT2D eigenvalue weighted by molar-refractivity contribution is 8.00. The van der Waals surface area contributed by atoms with Crippen molar-refractivity contribution in [2.45, 2.75) is 13.3 Å². The molecule has 0 fully saturated rings. The number of ether oxygens (including phenoxy) is 1. The quantitative estimate of drug-likeness (QED) is 0.259. The molecule has 0 amide bonds. The maximum Gasteiger partial charge on any atom is 0.201 e. The summed E-state index contributed by atoms with van der Waals surface area (Å²) in [5.74, 6) is -1.53. The second kappa shape index (κ2) is 9.66. The van der Waals surface area contributed by atoms with E-state index in [4.69, 9.17) is 4.74 Å². The minimum atomic E-state index is -0.932. The monoisotopic (exact) mass is 421 g/mol. The molecule has 0 bridgehead atoms. The number of methoxy groups -OCH3 is 1.